The van der Waals surface area contributed by atoms with E-state index in [4.69, 9.17) is 5.41 Å². The summed E-state index contributed by atoms with van der Waals surface area (Å²) >= 11 is 0. The minimum absolute atomic E-state index is 0.291. The molecule has 0 aromatic heterocycles. The summed E-state index contributed by atoms with van der Waals surface area (Å²) in [5.41, 5.74) is 1.22. The number of ether oxygens (including phenoxy) is 1. The van der Waals surface area contributed by atoms with Crippen LogP contribution >= 0.6 is 0 Å². The highest BCUT2D eigenvalue weighted by Gasteiger charge is 2.18. The van der Waals surface area contributed by atoms with Gasteiger partial charge in [-0.2, -0.15) is 0 Å². The number of nitrogens with one attached hydrogen (secondary N) is 2. The summed E-state index contributed by atoms with van der Waals surface area (Å²) < 4.78 is 4.61. The molecule has 5 heteroatoms. The molecule has 0 spiro atoms. The lowest BCUT2D eigenvalue weighted by Crippen LogP contribution is -2.25. The van der Waals surface area contributed by atoms with E-state index in [1.807, 2.05) is 18.7 Å². The summed E-state index contributed by atoms with van der Waals surface area (Å²) in [6.07, 6.45) is 2.48. The topological polar surface area (TPSA) is 65.4 Å². The van der Waals surface area contributed by atoms with E-state index < -0.39 is 0 Å². The minimum Gasteiger partial charge on any atom is -0.464 e. The summed E-state index contributed by atoms with van der Waals surface area (Å²) in [4.78, 5) is 13.2. The number of carbonyl (C=O) groups is 1. The van der Waals surface area contributed by atoms with Crippen LogP contribution in [0.3, 0.4) is 0 Å². The maximum atomic E-state index is 11.2. The van der Waals surface area contributed by atoms with Gasteiger partial charge in [0.05, 0.1) is 13.8 Å². The second kappa shape index (κ2) is 5.53. The first-order valence-corrected chi connectivity index (χ1v) is 5.40. The molecule has 0 atom stereocenters. The van der Waals surface area contributed by atoms with Gasteiger partial charge in [0.15, 0.2) is 0 Å². The standard InChI is InChI=1S/C11H19N3O2/c1-8(2)9(12)4-5-14-6-10(13-7-14)11(15)16-3/h6,8,12-13H,4-5,7H2,1-3H3. The quantitative estimate of drug-likeness (QED) is 0.539. The smallest absolute Gasteiger partial charge is 0.355 e. The van der Waals surface area contributed by atoms with Crippen molar-refractivity contribution in [3.05, 3.63) is 11.9 Å². The SMILES string of the molecule is COC(=O)C1=CN(CCC(=N)C(C)C)CN1. The van der Waals surface area contributed by atoms with Crippen molar-refractivity contribution in [1.82, 2.24) is 10.2 Å². The first kappa shape index (κ1) is 12.5. The Balaban J connectivity index is 2.39. The highest BCUT2D eigenvalue weighted by Crippen LogP contribution is 2.07. The second-order valence-electron chi connectivity index (χ2n) is 4.11. The Morgan fingerprint density at radius 2 is 2.38 bits per heavy atom. The van der Waals surface area contributed by atoms with Gasteiger partial charge in [0.2, 0.25) is 0 Å². The van der Waals surface area contributed by atoms with E-state index in [0.29, 0.717) is 18.3 Å². The van der Waals surface area contributed by atoms with E-state index in [1.165, 1.54) is 7.11 Å². The molecule has 1 aliphatic heterocycles. The van der Waals surface area contributed by atoms with Crippen molar-refractivity contribution in [2.24, 2.45) is 5.92 Å². The Hall–Kier alpha value is -1.52. The van der Waals surface area contributed by atoms with Crippen LogP contribution in [-0.4, -0.2) is 36.9 Å². The molecule has 0 amide bonds. The number of nitrogens with zero attached hydrogens (tertiary/aromatic N) is 1. The van der Waals surface area contributed by atoms with Gasteiger partial charge in [-0.1, -0.05) is 13.8 Å². The first-order chi connectivity index (χ1) is 7.54. The summed E-state index contributed by atoms with van der Waals surface area (Å²) in [6.45, 7) is 5.39. The second-order valence-corrected chi connectivity index (χ2v) is 4.11. The average molecular weight is 225 g/mol. The highest BCUT2D eigenvalue weighted by atomic mass is 16.5. The maximum absolute atomic E-state index is 11.2. The van der Waals surface area contributed by atoms with Gasteiger partial charge in [0.25, 0.3) is 0 Å². The Kier molecular flexibility index (Phi) is 4.34. The monoisotopic (exact) mass is 225 g/mol. The molecular formula is C11H19N3O2. The van der Waals surface area contributed by atoms with Crippen LogP contribution in [0.5, 0.6) is 0 Å². The third-order valence-corrected chi connectivity index (χ3v) is 2.55. The number of hydrogen-bond donors (Lipinski definition) is 2. The number of carbonyl (C=O) groups excluding carboxylic acids is 1. The Morgan fingerprint density at radius 3 is 2.94 bits per heavy atom. The molecule has 0 fully saturated rings. The summed E-state index contributed by atoms with van der Waals surface area (Å²) in [6, 6.07) is 0. The van der Waals surface area contributed by atoms with E-state index in [1.54, 1.807) is 6.20 Å². The average Bonchev–Trinajstić information content (AvgIpc) is 2.73. The van der Waals surface area contributed by atoms with Gasteiger partial charge in [-0.05, 0) is 5.92 Å². The number of hydrogen-bond acceptors (Lipinski definition) is 5. The van der Waals surface area contributed by atoms with E-state index in [2.05, 4.69) is 10.1 Å². The molecule has 16 heavy (non-hydrogen) atoms. The molecule has 2 N–H and O–H groups in total. The van der Waals surface area contributed by atoms with Crippen LogP contribution in [0, 0.1) is 11.3 Å². The van der Waals surface area contributed by atoms with Gasteiger partial charge in [0.1, 0.15) is 5.70 Å². The van der Waals surface area contributed by atoms with Crippen molar-refractivity contribution in [2.75, 3.05) is 20.3 Å². The van der Waals surface area contributed by atoms with Crippen LogP contribution in [0.2, 0.25) is 0 Å². The fraction of sp³-hybridized carbons (Fsp3) is 0.636. The van der Waals surface area contributed by atoms with E-state index in [0.717, 1.165) is 18.7 Å². The molecule has 0 aromatic carbocycles. The Morgan fingerprint density at radius 1 is 1.69 bits per heavy atom. The fourth-order valence-electron chi connectivity index (χ4n) is 1.39. The molecule has 1 aliphatic rings. The Labute approximate surface area is 96.0 Å². The van der Waals surface area contributed by atoms with Gasteiger partial charge in [-0.15, -0.1) is 0 Å². The zero-order valence-corrected chi connectivity index (χ0v) is 10.0. The normalized spacial score (nSPS) is 14.8. The van der Waals surface area contributed by atoms with Crippen LogP contribution in [-0.2, 0) is 9.53 Å². The molecule has 0 aromatic rings. The maximum Gasteiger partial charge on any atom is 0.355 e. The lowest BCUT2D eigenvalue weighted by Gasteiger charge is -2.15. The number of methoxy groups -OCH3 is 1. The number of rotatable bonds is 5. The molecule has 5 nitrogen and oxygen atoms in total. The summed E-state index contributed by atoms with van der Waals surface area (Å²) in [5.74, 6) is -0.0546. The van der Waals surface area contributed by atoms with Crippen molar-refractivity contribution in [2.45, 2.75) is 20.3 Å². The van der Waals surface area contributed by atoms with E-state index in [9.17, 15) is 4.79 Å². The van der Waals surface area contributed by atoms with Crippen LogP contribution in [0.25, 0.3) is 0 Å². The van der Waals surface area contributed by atoms with Gasteiger partial charge in [-0.3, -0.25) is 0 Å². The molecular weight excluding hydrogens is 206 g/mol. The van der Waals surface area contributed by atoms with Crippen LogP contribution in [0.1, 0.15) is 20.3 Å². The molecule has 0 saturated carbocycles. The van der Waals surface area contributed by atoms with Gasteiger partial charge in [0, 0.05) is 24.9 Å². The molecule has 0 radical (unpaired) electrons. The van der Waals surface area contributed by atoms with Gasteiger partial charge < -0.3 is 20.4 Å². The van der Waals surface area contributed by atoms with Crippen molar-refractivity contribution in [1.29, 1.82) is 5.41 Å². The molecule has 1 heterocycles. The van der Waals surface area contributed by atoms with Crippen molar-refractivity contribution >= 4 is 11.7 Å². The minimum atomic E-state index is -0.346. The molecule has 90 valence electrons. The third kappa shape index (κ3) is 3.25. The zero-order chi connectivity index (χ0) is 12.1. The van der Waals surface area contributed by atoms with Gasteiger partial charge in [-0.25, -0.2) is 4.79 Å². The van der Waals surface area contributed by atoms with Gasteiger partial charge >= 0.3 is 5.97 Å². The molecule has 0 aliphatic carbocycles. The van der Waals surface area contributed by atoms with E-state index in [-0.39, 0.29) is 5.97 Å². The predicted octanol–water partition coefficient (Wildman–Crippen LogP) is 0.929. The van der Waals surface area contributed by atoms with Crippen LogP contribution < -0.4 is 5.32 Å². The molecule has 0 bridgehead atoms. The van der Waals surface area contributed by atoms with Crippen molar-refractivity contribution < 1.29 is 9.53 Å². The molecule has 0 unspecified atom stereocenters. The largest absolute Gasteiger partial charge is 0.464 e. The Bertz CT molecular complexity index is 310. The van der Waals surface area contributed by atoms with Crippen molar-refractivity contribution in [3.63, 3.8) is 0 Å². The van der Waals surface area contributed by atoms with Crippen molar-refractivity contribution in [3.8, 4) is 0 Å². The summed E-state index contributed by atoms with van der Waals surface area (Å²) in [5, 5.41) is 10.7. The first-order valence-electron chi connectivity index (χ1n) is 5.40. The van der Waals surface area contributed by atoms with Crippen LogP contribution in [0.15, 0.2) is 11.9 Å². The third-order valence-electron chi connectivity index (χ3n) is 2.55. The zero-order valence-electron chi connectivity index (χ0n) is 10.0. The summed E-state index contributed by atoms with van der Waals surface area (Å²) in [7, 11) is 1.36. The predicted molar refractivity (Wildman–Crippen MR) is 62.0 cm³/mol. The fourth-order valence-corrected chi connectivity index (χ4v) is 1.39. The lowest BCUT2D eigenvalue weighted by molar-refractivity contribution is -0.136. The molecule has 0 saturated heterocycles. The lowest BCUT2D eigenvalue weighted by atomic mass is 10.1. The van der Waals surface area contributed by atoms with E-state index >= 15 is 0 Å². The highest BCUT2D eigenvalue weighted by molar-refractivity contribution is 5.88. The van der Waals surface area contributed by atoms with Crippen LogP contribution in [0.4, 0.5) is 0 Å². The molecule has 1 rings (SSSR count). The number of esters is 1.